The second-order valence-electron chi connectivity index (χ2n) is 4.81. The molecule has 0 amide bonds. The number of ether oxygens (including phenoxy) is 1. The highest BCUT2D eigenvalue weighted by Gasteiger charge is 2.22. The molecule has 1 fully saturated rings. The van der Waals surface area contributed by atoms with Gasteiger partial charge in [0.05, 0.1) is 5.56 Å². The summed E-state index contributed by atoms with van der Waals surface area (Å²) in [7, 11) is 0. The molecule has 0 saturated heterocycles. The molecule has 1 aliphatic carbocycles. The van der Waals surface area contributed by atoms with Crippen molar-refractivity contribution in [2.24, 2.45) is 5.92 Å². The van der Waals surface area contributed by atoms with E-state index < -0.39 is 0 Å². The Bertz CT molecular complexity index is 386. The summed E-state index contributed by atoms with van der Waals surface area (Å²) in [6.07, 6.45) is 4.23. The molecule has 2 rings (SSSR count). The largest absolute Gasteiger partial charge is 0.459 e. The minimum absolute atomic E-state index is 0.0244. The molecule has 1 aromatic rings. The van der Waals surface area contributed by atoms with E-state index in [0.717, 1.165) is 19.3 Å². The van der Waals surface area contributed by atoms with E-state index in [1.54, 1.807) is 0 Å². The standard InChI is InChI=1S/C14H17FO2/c1-10-3-2-4-13(9-10)17-14(16)11-5-7-12(15)8-6-11/h5-8,10,13H,2-4,9H2,1H3. The van der Waals surface area contributed by atoms with Gasteiger partial charge in [-0.3, -0.25) is 0 Å². The molecule has 1 saturated carbocycles. The molecule has 1 aromatic carbocycles. The van der Waals surface area contributed by atoms with Crippen molar-refractivity contribution in [1.29, 1.82) is 0 Å². The molecule has 0 radical (unpaired) electrons. The van der Waals surface area contributed by atoms with Gasteiger partial charge in [0.1, 0.15) is 11.9 Å². The minimum Gasteiger partial charge on any atom is -0.459 e. The van der Waals surface area contributed by atoms with Crippen LogP contribution in [0.25, 0.3) is 0 Å². The Kier molecular flexibility index (Phi) is 3.77. The van der Waals surface area contributed by atoms with Crippen LogP contribution in [-0.4, -0.2) is 12.1 Å². The third-order valence-electron chi connectivity index (χ3n) is 3.24. The smallest absolute Gasteiger partial charge is 0.338 e. The zero-order valence-corrected chi connectivity index (χ0v) is 9.99. The van der Waals surface area contributed by atoms with Crippen molar-refractivity contribution >= 4 is 5.97 Å². The van der Waals surface area contributed by atoms with Crippen LogP contribution in [0.1, 0.15) is 43.0 Å². The SMILES string of the molecule is CC1CCCC(OC(=O)c2ccc(F)cc2)C1. The van der Waals surface area contributed by atoms with Crippen LogP contribution in [0.15, 0.2) is 24.3 Å². The highest BCUT2D eigenvalue weighted by atomic mass is 19.1. The van der Waals surface area contributed by atoms with Gasteiger partial charge in [-0.15, -0.1) is 0 Å². The number of esters is 1. The Morgan fingerprint density at radius 3 is 2.65 bits per heavy atom. The summed E-state index contributed by atoms with van der Waals surface area (Å²) in [5.41, 5.74) is 0.421. The van der Waals surface area contributed by atoms with E-state index in [4.69, 9.17) is 4.74 Å². The van der Waals surface area contributed by atoms with Gasteiger partial charge in [0.15, 0.2) is 0 Å². The lowest BCUT2D eigenvalue weighted by molar-refractivity contribution is 0.0155. The predicted molar refractivity (Wildman–Crippen MR) is 63.2 cm³/mol. The topological polar surface area (TPSA) is 26.3 Å². The average molecular weight is 236 g/mol. The number of benzene rings is 1. The summed E-state index contributed by atoms with van der Waals surface area (Å²) in [4.78, 5) is 11.8. The van der Waals surface area contributed by atoms with Crippen molar-refractivity contribution in [3.63, 3.8) is 0 Å². The summed E-state index contributed by atoms with van der Waals surface area (Å²) in [6, 6.07) is 5.48. The number of hydrogen-bond donors (Lipinski definition) is 0. The van der Waals surface area contributed by atoms with Gasteiger partial charge in [0.2, 0.25) is 0 Å². The highest BCUT2D eigenvalue weighted by molar-refractivity contribution is 5.89. The van der Waals surface area contributed by atoms with Crippen LogP contribution in [0.5, 0.6) is 0 Å². The lowest BCUT2D eigenvalue weighted by Crippen LogP contribution is -2.24. The molecule has 2 nitrogen and oxygen atoms in total. The van der Waals surface area contributed by atoms with Crippen molar-refractivity contribution in [1.82, 2.24) is 0 Å². The van der Waals surface area contributed by atoms with Crippen molar-refractivity contribution in [2.75, 3.05) is 0 Å². The molecule has 0 aliphatic heterocycles. The number of carbonyl (C=O) groups excluding carboxylic acids is 1. The molecule has 1 aliphatic rings. The fourth-order valence-electron chi connectivity index (χ4n) is 2.29. The predicted octanol–water partition coefficient (Wildman–Crippen LogP) is 3.56. The van der Waals surface area contributed by atoms with Gasteiger partial charge in [0, 0.05) is 0 Å². The van der Waals surface area contributed by atoms with Crippen LogP contribution in [0.2, 0.25) is 0 Å². The monoisotopic (exact) mass is 236 g/mol. The van der Waals surface area contributed by atoms with E-state index in [1.165, 1.54) is 30.7 Å². The van der Waals surface area contributed by atoms with Crippen LogP contribution in [0.3, 0.4) is 0 Å². The molecule has 17 heavy (non-hydrogen) atoms. The zero-order valence-electron chi connectivity index (χ0n) is 9.99. The van der Waals surface area contributed by atoms with E-state index in [-0.39, 0.29) is 17.9 Å². The Balaban J connectivity index is 1.94. The number of rotatable bonds is 2. The number of hydrogen-bond acceptors (Lipinski definition) is 2. The normalized spacial score (nSPS) is 24.4. The van der Waals surface area contributed by atoms with Gasteiger partial charge >= 0.3 is 5.97 Å². The van der Waals surface area contributed by atoms with Crippen molar-refractivity contribution < 1.29 is 13.9 Å². The first kappa shape index (κ1) is 12.1. The first-order chi connectivity index (χ1) is 8.15. The summed E-state index contributed by atoms with van der Waals surface area (Å²) in [5.74, 6) is -0.0632. The Morgan fingerprint density at radius 1 is 1.29 bits per heavy atom. The first-order valence-electron chi connectivity index (χ1n) is 6.11. The van der Waals surface area contributed by atoms with E-state index in [9.17, 15) is 9.18 Å². The molecule has 0 aromatic heterocycles. The van der Waals surface area contributed by atoms with Crippen molar-refractivity contribution in [3.8, 4) is 0 Å². The Labute approximate surface area is 101 Å². The lowest BCUT2D eigenvalue weighted by atomic mass is 9.89. The number of halogens is 1. The van der Waals surface area contributed by atoms with E-state index >= 15 is 0 Å². The van der Waals surface area contributed by atoms with Crippen molar-refractivity contribution in [3.05, 3.63) is 35.6 Å². The minimum atomic E-state index is -0.343. The second kappa shape index (κ2) is 5.30. The third kappa shape index (κ3) is 3.29. The fraction of sp³-hybridized carbons (Fsp3) is 0.500. The molecule has 0 bridgehead atoms. The molecular formula is C14H17FO2. The van der Waals surface area contributed by atoms with Crippen molar-refractivity contribution in [2.45, 2.75) is 38.7 Å². The summed E-state index contributed by atoms with van der Waals surface area (Å²) in [6.45, 7) is 2.18. The molecule has 2 unspecified atom stereocenters. The average Bonchev–Trinajstić information content (AvgIpc) is 2.29. The summed E-state index contributed by atoms with van der Waals surface area (Å²) >= 11 is 0. The van der Waals surface area contributed by atoms with E-state index in [2.05, 4.69) is 6.92 Å². The van der Waals surface area contributed by atoms with E-state index in [0.29, 0.717) is 11.5 Å². The molecule has 2 atom stereocenters. The lowest BCUT2D eigenvalue weighted by Gasteiger charge is -2.26. The van der Waals surface area contributed by atoms with Gasteiger partial charge in [-0.1, -0.05) is 13.3 Å². The van der Waals surface area contributed by atoms with Gasteiger partial charge in [-0.25, -0.2) is 9.18 Å². The first-order valence-corrected chi connectivity index (χ1v) is 6.11. The molecule has 0 heterocycles. The maximum absolute atomic E-state index is 12.7. The molecule has 0 spiro atoms. The third-order valence-corrected chi connectivity index (χ3v) is 3.24. The Morgan fingerprint density at radius 2 is 2.00 bits per heavy atom. The number of carbonyl (C=O) groups is 1. The molecular weight excluding hydrogens is 219 g/mol. The van der Waals surface area contributed by atoms with E-state index in [1.807, 2.05) is 0 Å². The molecule has 92 valence electrons. The van der Waals surface area contributed by atoms with Gasteiger partial charge in [-0.2, -0.15) is 0 Å². The Hall–Kier alpha value is -1.38. The maximum Gasteiger partial charge on any atom is 0.338 e. The zero-order chi connectivity index (χ0) is 12.3. The van der Waals surface area contributed by atoms with Crippen LogP contribution in [-0.2, 0) is 4.74 Å². The maximum atomic E-state index is 12.7. The summed E-state index contributed by atoms with van der Waals surface area (Å²) in [5, 5.41) is 0. The van der Waals surface area contributed by atoms with Gasteiger partial charge < -0.3 is 4.74 Å². The van der Waals surface area contributed by atoms with Crippen LogP contribution < -0.4 is 0 Å². The fourth-order valence-corrected chi connectivity index (χ4v) is 2.29. The summed E-state index contributed by atoms with van der Waals surface area (Å²) < 4.78 is 18.1. The quantitative estimate of drug-likeness (QED) is 0.734. The van der Waals surface area contributed by atoms with Crippen LogP contribution in [0.4, 0.5) is 4.39 Å². The molecule has 3 heteroatoms. The highest BCUT2D eigenvalue weighted by Crippen LogP contribution is 2.26. The van der Waals surface area contributed by atoms with Crippen LogP contribution >= 0.6 is 0 Å². The second-order valence-corrected chi connectivity index (χ2v) is 4.81. The molecule has 0 N–H and O–H groups in total. The van der Waals surface area contributed by atoms with Gasteiger partial charge in [-0.05, 0) is 49.4 Å². The van der Waals surface area contributed by atoms with Gasteiger partial charge in [0.25, 0.3) is 0 Å². The van der Waals surface area contributed by atoms with Crippen LogP contribution in [0, 0.1) is 11.7 Å².